The van der Waals surface area contributed by atoms with Crippen molar-refractivity contribution in [3.63, 3.8) is 0 Å². The van der Waals surface area contributed by atoms with Crippen LogP contribution in [0.5, 0.6) is 0 Å². The van der Waals surface area contributed by atoms with Crippen LogP contribution in [-0.2, 0) is 0 Å². The van der Waals surface area contributed by atoms with Crippen LogP contribution in [0.25, 0.3) is 5.69 Å². The molecule has 1 fully saturated rings. The Labute approximate surface area is 120 Å². The van der Waals surface area contributed by atoms with Gasteiger partial charge in [-0.05, 0) is 43.5 Å². The molecule has 0 amide bonds. The van der Waals surface area contributed by atoms with Gasteiger partial charge in [0.1, 0.15) is 5.82 Å². The Bertz CT molecular complexity index is 647. The molecule has 0 bridgehead atoms. The van der Waals surface area contributed by atoms with Crippen molar-refractivity contribution >= 4 is 11.8 Å². The number of benzene rings is 1. The lowest BCUT2D eigenvalue weighted by Crippen LogP contribution is -2.31. The predicted octanol–water partition coefficient (Wildman–Crippen LogP) is 2.09. The van der Waals surface area contributed by atoms with E-state index >= 15 is 0 Å². The second kappa shape index (κ2) is 5.51. The molecule has 7 heteroatoms. The highest BCUT2D eigenvalue weighted by molar-refractivity contribution is 5.91. The van der Waals surface area contributed by atoms with Crippen LogP contribution in [-0.4, -0.2) is 39.2 Å². The molecule has 1 N–H and O–H groups in total. The fourth-order valence-corrected chi connectivity index (χ4v) is 2.45. The summed E-state index contributed by atoms with van der Waals surface area (Å²) < 4.78 is 13.0. The van der Waals surface area contributed by atoms with Gasteiger partial charge in [0.05, 0.1) is 5.69 Å². The van der Waals surface area contributed by atoms with Crippen molar-refractivity contribution in [1.29, 1.82) is 0 Å². The molecule has 6 nitrogen and oxygen atoms in total. The van der Waals surface area contributed by atoms with Crippen LogP contribution >= 0.6 is 0 Å². The minimum absolute atomic E-state index is 0.0683. The Morgan fingerprint density at radius 2 is 1.76 bits per heavy atom. The van der Waals surface area contributed by atoms with E-state index in [1.165, 1.54) is 29.1 Å². The molecule has 2 heterocycles. The van der Waals surface area contributed by atoms with Gasteiger partial charge in [0.25, 0.3) is 0 Å². The van der Waals surface area contributed by atoms with E-state index in [0.29, 0.717) is 11.5 Å². The van der Waals surface area contributed by atoms with Crippen molar-refractivity contribution in [2.24, 2.45) is 0 Å². The quantitative estimate of drug-likeness (QED) is 0.937. The van der Waals surface area contributed by atoms with Gasteiger partial charge in [-0.3, -0.25) is 0 Å². The number of piperidine rings is 1. The highest BCUT2D eigenvalue weighted by Gasteiger charge is 2.24. The lowest BCUT2D eigenvalue weighted by atomic mass is 10.1. The van der Waals surface area contributed by atoms with E-state index in [2.05, 4.69) is 10.2 Å². The molecule has 0 atom stereocenters. The number of anilines is 1. The number of carbonyl (C=O) groups is 1. The second-order valence-electron chi connectivity index (χ2n) is 4.99. The number of hydrogen-bond donors (Lipinski definition) is 1. The van der Waals surface area contributed by atoms with Crippen LogP contribution in [0.3, 0.4) is 0 Å². The number of aromatic carboxylic acids is 1. The summed E-state index contributed by atoms with van der Waals surface area (Å²) in [6.45, 7) is 1.56. The smallest absolute Gasteiger partial charge is 0.360 e. The van der Waals surface area contributed by atoms with Gasteiger partial charge in [-0.2, -0.15) is 0 Å². The maximum Gasteiger partial charge on any atom is 0.360 e. The molecule has 1 aliphatic heterocycles. The predicted molar refractivity (Wildman–Crippen MR) is 74.3 cm³/mol. The van der Waals surface area contributed by atoms with E-state index in [0.717, 1.165) is 32.4 Å². The highest BCUT2D eigenvalue weighted by atomic mass is 19.1. The Hall–Kier alpha value is -2.44. The van der Waals surface area contributed by atoms with Gasteiger partial charge in [0.2, 0.25) is 5.69 Å². The van der Waals surface area contributed by atoms with Crippen molar-refractivity contribution in [3.8, 4) is 5.69 Å². The zero-order valence-electron chi connectivity index (χ0n) is 11.4. The Morgan fingerprint density at radius 3 is 2.38 bits per heavy atom. The summed E-state index contributed by atoms with van der Waals surface area (Å²) >= 11 is 0. The zero-order valence-corrected chi connectivity index (χ0v) is 11.4. The van der Waals surface area contributed by atoms with Gasteiger partial charge in [-0.1, -0.05) is 0 Å². The van der Waals surface area contributed by atoms with E-state index in [1.807, 2.05) is 4.90 Å². The van der Waals surface area contributed by atoms with E-state index in [9.17, 15) is 14.3 Å². The molecule has 1 aromatic carbocycles. The molecule has 0 aliphatic carbocycles. The van der Waals surface area contributed by atoms with E-state index < -0.39 is 5.97 Å². The van der Waals surface area contributed by atoms with Crippen LogP contribution in [0.4, 0.5) is 10.2 Å². The first kappa shape index (κ1) is 13.5. The third kappa shape index (κ3) is 2.72. The number of rotatable bonds is 3. The summed E-state index contributed by atoms with van der Waals surface area (Å²) in [5.41, 5.74) is 0.461. The number of hydrogen-bond acceptors (Lipinski definition) is 4. The van der Waals surface area contributed by atoms with Gasteiger partial charge in [-0.15, -0.1) is 15.0 Å². The van der Waals surface area contributed by atoms with Crippen molar-refractivity contribution in [2.75, 3.05) is 18.0 Å². The lowest BCUT2D eigenvalue weighted by molar-refractivity contribution is 0.0690. The van der Waals surface area contributed by atoms with Gasteiger partial charge < -0.3 is 10.0 Å². The second-order valence-corrected chi connectivity index (χ2v) is 4.99. The molecule has 110 valence electrons. The fourth-order valence-electron chi connectivity index (χ4n) is 2.45. The highest BCUT2D eigenvalue weighted by Crippen LogP contribution is 2.22. The summed E-state index contributed by atoms with van der Waals surface area (Å²) in [4.78, 5) is 14.5. The topological polar surface area (TPSA) is 71.2 Å². The molecule has 2 aromatic rings. The van der Waals surface area contributed by atoms with Gasteiger partial charge in [-0.25, -0.2) is 9.18 Å². The summed E-state index contributed by atoms with van der Waals surface area (Å²) in [6, 6.07) is 5.61. The summed E-state index contributed by atoms with van der Waals surface area (Å²) in [6.07, 6.45) is 3.18. The molecule has 1 aliphatic rings. The standard InChI is InChI=1S/C14H15FN4O2/c15-10-4-6-11(7-5-10)19-16-12(14(20)21)13(17-19)18-8-2-1-3-9-18/h4-7H,1-3,8-9H2,(H,20,21). The Morgan fingerprint density at radius 1 is 1.10 bits per heavy atom. The van der Waals surface area contributed by atoms with Crippen LogP contribution in [0.2, 0.25) is 0 Å². The first-order valence-corrected chi connectivity index (χ1v) is 6.86. The number of carboxylic acids is 1. The molecule has 0 saturated carbocycles. The van der Waals surface area contributed by atoms with Crippen molar-refractivity contribution < 1.29 is 14.3 Å². The first-order chi connectivity index (χ1) is 10.1. The first-order valence-electron chi connectivity index (χ1n) is 6.86. The molecule has 1 saturated heterocycles. The molecular formula is C14H15FN4O2. The van der Waals surface area contributed by atoms with E-state index in [1.54, 1.807) is 0 Å². The van der Waals surface area contributed by atoms with Crippen molar-refractivity contribution in [3.05, 3.63) is 35.8 Å². The SMILES string of the molecule is O=C(O)c1nn(-c2ccc(F)cc2)nc1N1CCCCC1. The minimum atomic E-state index is -1.11. The van der Waals surface area contributed by atoms with Crippen molar-refractivity contribution in [2.45, 2.75) is 19.3 Å². The van der Waals surface area contributed by atoms with Gasteiger partial charge >= 0.3 is 5.97 Å². The maximum atomic E-state index is 13.0. The third-order valence-electron chi connectivity index (χ3n) is 3.51. The normalized spacial score (nSPS) is 15.2. The molecular weight excluding hydrogens is 275 g/mol. The van der Waals surface area contributed by atoms with Crippen LogP contribution in [0, 0.1) is 5.82 Å². The average Bonchev–Trinajstić information content (AvgIpc) is 2.94. The molecule has 21 heavy (non-hydrogen) atoms. The number of aromatic nitrogens is 3. The lowest BCUT2D eigenvalue weighted by Gasteiger charge is -2.26. The van der Waals surface area contributed by atoms with Crippen LogP contribution < -0.4 is 4.90 Å². The van der Waals surface area contributed by atoms with Crippen LogP contribution in [0.15, 0.2) is 24.3 Å². The fraction of sp³-hybridized carbons (Fsp3) is 0.357. The molecule has 0 spiro atoms. The number of halogens is 1. The summed E-state index contributed by atoms with van der Waals surface area (Å²) in [5, 5.41) is 17.6. The minimum Gasteiger partial charge on any atom is -0.476 e. The number of carboxylic acid groups (broad SMARTS) is 1. The zero-order chi connectivity index (χ0) is 14.8. The third-order valence-corrected chi connectivity index (χ3v) is 3.51. The molecule has 1 aromatic heterocycles. The van der Waals surface area contributed by atoms with E-state index in [-0.39, 0.29) is 11.5 Å². The Balaban J connectivity index is 1.99. The average molecular weight is 290 g/mol. The largest absolute Gasteiger partial charge is 0.476 e. The molecule has 0 radical (unpaired) electrons. The molecule has 0 unspecified atom stereocenters. The van der Waals surface area contributed by atoms with Crippen molar-refractivity contribution in [1.82, 2.24) is 15.0 Å². The maximum absolute atomic E-state index is 13.0. The number of nitrogens with zero attached hydrogens (tertiary/aromatic N) is 4. The van der Waals surface area contributed by atoms with Gasteiger partial charge in [0.15, 0.2) is 5.82 Å². The van der Waals surface area contributed by atoms with Crippen LogP contribution in [0.1, 0.15) is 29.8 Å². The Kier molecular flexibility index (Phi) is 3.55. The van der Waals surface area contributed by atoms with Gasteiger partial charge in [0, 0.05) is 13.1 Å². The summed E-state index contributed by atoms with van der Waals surface area (Å²) in [5.74, 6) is -1.09. The van der Waals surface area contributed by atoms with E-state index in [4.69, 9.17) is 0 Å². The molecule has 3 rings (SSSR count). The monoisotopic (exact) mass is 290 g/mol. The summed E-state index contributed by atoms with van der Waals surface area (Å²) in [7, 11) is 0.